The number of aliphatic hydroxyl groups excluding tert-OH is 2. The van der Waals surface area contributed by atoms with E-state index in [-0.39, 0.29) is 18.5 Å². The third-order valence-electron chi connectivity index (χ3n) is 16.1. The van der Waals surface area contributed by atoms with E-state index in [0.717, 1.165) is 38.5 Å². The monoisotopic (exact) mass is 1040 g/mol. The maximum atomic E-state index is 12.5. The van der Waals surface area contributed by atoms with E-state index in [4.69, 9.17) is 4.74 Å². The molecule has 0 spiro atoms. The topological polar surface area (TPSA) is 95.9 Å². The average Bonchev–Trinajstić information content (AvgIpc) is 3.40. The zero-order valence-electron chi connectivity index (χ0n) is 50.4. The number of carbonyl (C=O) groups excluding carboxylic acids is 2. The summed E-state index contributed by atoms with van der Waals surface area (Å²) in [6.07, 6.45) is 78.3. The molecule has 3 N–H and O–H groups in total. The van der Waals surface area contributed by atoms with Crippen LogP contribution in [0.2, 0.25) is 0 Å². The highest BCUT2D eigenvalue weighted by molar-refractivity contribution is 5.76. The van der Waals surface area contributed by atoms with Gasteiger partial charge >= 0.3 is 5.97 Å². The van der Waals surface area contributed by atoms with E-state index < -0.39 is 12.1 Å². The molecule has 0 aromatic rings. The van der Waals surface area contributed by atoms with Gasteiger partial charge in [-0.25, -0.2) is 0 Å². The number of rotatable bonds is 64. The normalized spacial score (nSPS) is 12.5. The largest absolute Gasteiger partial charge is 0.466 e. The summed E-state index contributed by atoms with van der Waals surface area (Å²) >= 11 is 0. The summed E-state index contributed by atoms with van der Waals surface area (Å²) in [5.41, 5.74) is 0. The van der Waals surface area contributed by atoms with E-state index in [9.17, 15) is 19.8 Å². The maximum absolute atomic E-state index is 12.5. The van der Waals surface area contributed by atoms with Gasteiger partial charge < -0.3 is 20.3 Å². The Morgan fingerprint density at radius 2 is 0.635 bits per heavy atom. The van der Waals surface area contributed by atoms with Crippen molar-refractivity contribution in [1.29, 1.82) is 0 Å². The van der Waals surface area contributed by atoms with E-state index in [1.807, 2.05) is 0 Å². The third kappa shape index (κ3) is 59.8. The number of allylic oxidation sites excluding steroid dienone is 2. The van der Waals surface area contributed by atoms with Crippen molar-refractivity contribution in [3.63, 3.8) is 0 Å². The Bertz CT molecular complexity index is 1110. The maximum Gasteiger partial charge on any atom is 0.305 e. The molecule has 0 aromatic carbocycles. The number of esters is 1. The molecule has 0 rings (SSSR count). The first-order valence-electron chi connectivity index (χ1n) is 33.9. The predicted molar refractivity (Wildman–Crippen MR) is 324 cm³/mol. The summed E-state index contributed by atoms with van der Waals surface area (Å²) in [5, 5.41) is 23.2. The summed E-state index contributed by atoms with van der Waals surface area (Å²) < 4.78 is 5.50. The predicted octanol–water partition coefficient (Wildman–Crippen LogP) is 21.6. The summed E-state index contributed by atoms with van der Waals surface area (Å²) in [7, 11) is 0. The highest BCUT2D eigenvalue weighted by atomic mass is 16.5. The number of carbonyl (C=O) groups is 2. The lowest BCUT2D eigenvalue weighted by Crippen LogP contribution is -2.45. The first-order valence-corrected chi connectivity index (χ1v) is 33.9. The first kappa shape index (κ1) is 72.6. The zero-order chi connectivity index (χ0) is 53.6. The van der Waals surface area contributed by atoms with E-state index in [2.05, 4.69) is 31.3 Å². The lowest BCUT2D eigenvalue weighted by atomic mass is 10.0. The van der Waals surface area contributed by atoms with Crippen LogP contribution in [-0.4, -0.2) is 47.4 Å². The van der Waals surface area contributed by atoms with Gasteiger partial charge in [0, 0.05) is 12.8 Å². The molecule has 74 heavy (non-hydrogen) atoms. The second-order valence-electron chi connectivity index (χ2n) is 23.5. The minimum atomic E-state index is -0.661. The molecule has 0 fully saturated rings. The molecular weight excluding hydrogens is 911 g/mol. The standard InChI is InChI=1S/C68H133NO5/c1-3-5-7-9-11-13-15-16-17-35-38-42-46-50-54-58-62-68(73)74-63-59-55-51-47-43-39-36-33-31-29-27-25-23-21-19-18-20-22-24-26-28-30-32-34-37-41-45-49-53-57-61-67(72)69-65(64-70)66(71)60-56-52-48-44-40-14-12-10-8-6-4-2/h19,21,65-66,70-71H,3-18,20,22-64H2,1-2H3,(H,69,72)/b21-19-. The Balaban J connectivity index is 3.32. The van der Waals surface area contributed by atoms with Crippen molar-refractivity contribution in [2.24, 2.45) is 0 Å². The van der Waals surface area contributed by atoms with Gasteiger partial charge in [-0.2, -0.15) is 0 Å². The molecule has 0 radical (unpaired) electrons. The number of hydrogen-bond donors (Lipinski definition) is 3. The van der Waals surface area contributed by atoms with Crippen LogP contribution in [0.4, 0.5) is 0 Å². The molecule has 0 bridgehead atoms. The summed E-state index contributed by atoms with van der Waals surface area (Å²) in [5.74, 6) is -0.0111. The van der Waals surface area contributed by atoms with Crippen LogP contribution in [0, 0.1) is 0 Å². The van der Waals surface area contributed by atoms with Crippen LogP contribution in [0.5, 0.6) is 0 Å². The van der Waals surface area contributed by atoms with Gasteiger partial charge in [0.25, 0.3) is 0 Å². The van der Waals surface area contributed by atoms with Crippen LogP contribution in [0.1, 0.15) is 386 Å². The highest BCUT2D eigenvalue weighted by Crippen LogP contribution is 2.19. The van der Waals surface area contributed by atoms with Crippen molar-refractivity contribution in [1.82, 2.24) is 5.32 Å². The lowest BCUT2D eigenvalue weighted by Gasteiger charge is -2.22. The number of aliphatic hydroxyl groups is 2. The van der Waals surface area contributed by atoms with Gasteiger partial charge in [-0.05, 0) is 51.4 Å². The van der Waals surface area contributed by atoms with Crippen LogP contribution in [0.3, 0.4) is 0 Å². The van der Waals surface area contributed by atoms with Gasteiger partial charge in [-0.3, -0.25) is 9.59 Å². The molecule has 1 amide bonds. The van der Waals surface area contributed by atoms with Crippen LogP contribution in [-0.2, 0) is 14.3 Å². The van der Waals surface area contributed by atoms with Gasteiger partial charge in [0.15, 0.2) is 0 Å². The van der Waals surface area contributed by atoms with E-state index in [0.29, 0.717) is 25.9 Å². The average molecular weight is 1040 g/mol. The van der Waals surface area contributed by atoms with Crippen molar-refractivity contribution in [3.8, 4) is 0 Å². The molecule has 440 valence electrons. The fourth-order valence-corrected chi connectivity index (χ4v) is 10.9. The highest BCUT2D eigenvalue weighted by Gasteiger charge is 2.20. The summed E-state index contributed by atoms with van der Waals surface area (Å²) in [4.78, 5) is 24.5. The molecule has 0 aliphatic carbocycles. The lowest BCUT2D eigenvalue weighted by molar-refractivity contribution is -0.143. The summed E-state index contributed by atoms with van der Waals surface area (Å²) in [6.45, 7) is 4.98. The molecule has 6 heteroatoms. The molecule has 0 aromatic heterocycles. The zero-order valence-corrected chi connectivity index (χ0v) is 50.4. The van der Waals surface area contributed by atoms with Crippen LogP contribution >= 0.6 is 0 Å². The third-order valence-corrected chi connectivity index (χ3v) is 16.1. The molecule has 2 atom stereocenters. The van der Waals surface area contributed by atoms with Crippen molar-refractivity contribution in [3.05, 3.63) is 12.2 Å². The molecule has 0 saturated heterocycles. The van der Waals surface area contributed by atoms with E-state index >= 15 is 0 Å². The van der Waals surface area contributed by atoms with Crippen molar-refractivity contribution >= 4 is 11.9 Å². The molecule has 2 unspecified atom stereocenters. The fourth-order valence-electron chi connectivity index (χ4n) is 10.9. The molecule has 0 aliphatic heterocycles. The summed E-state index contributed by atoms with van der Waals surface area (Å²) in [6, 6.07) is -0.538. The Kier molecular flexibility index (Phi) is 62.9. The van der Waals surface area contributed by atoms with Gasteiger partial charge in [-0.1, -0.05) is 334 Å². The van der Waals surface area contributed by atoms with E-state index in [1.54, 1.807) is 0 Å². The van der Waals surface area contributed by atoms with Crippen LogP contribution < -0.4 is 5.32 Å². The number of unbranched alkanes of at least 4 members (excludes halogenated alkanes) is 51. The SMILES string of the molecule is CCCCCCCCCCCCCCCCCCC(=O)OCCCCCCCCCCCCCC/C=C\CCCCCCCCCCCCCCCCC(=O)NC(CO)C(O)CCCCCCCCCCCCC. The molecule has 0 aliphatic rings. The van der Waals surface area contributed by atoms with Crippen LogP contribution in [0.15, 0.2) is 12.2 Å². The van der Waals surface area contributed by atoms with Crippen molar-refractivity contribution in [2.45, 2.75) is 398 Å². The van der Waals surface area contributed by atoms with Gasteiger partial charge in [0.05, 0.1) is 25.4 Å². The number of nitrogens with one attached hydrogen (secondary N) is 1. The van der Waals surface area contributed by atoms with Gasteiger partial charge in [-0.15, -0.1) is 0 Å². The second kappa shape index (κ2) is 64.1. The van der Waals surface area contributed by atoms with E-state index in [1.165, 1.54) is 315 Å². The van der Waals surface area contributed by atoms with Gasteiger partial charge in [0.1, 0.15) is 0 Å². The van der Waals surface area contributed by atoms with Crippen molar-refractivity contribution in [2.75, 3.05) is 13.2 Å². The Morgan fingerprint density at radius 1 is 0.365 bits per heavy atom. The van der Waals surface area contributed by atoms with Crippen molar-refractivity contribution < 1.29 is 24.5 Å². The van der Waals surface area contributed by atoms with Gasteiger partial charge in [0.2, 0.25) is 5.91 Å². The second-order valence-corrected chi connectivity index (χ2v) is 23.5. The smallest absolute Gasteiger partial charge is 0.305 e. The molecule has 6 nitrogen and oxygen atoms in total. The Hall–Kier alpha value is -1.40. The Morgan fingerprint density at radius 3 is 0.959 bits per heavy atom. The molecule has 0 saturated carbocycles. The minimum Gasteiger partial charge on any atom is -0.466 e. The molecule has 0 heterocycles. The Labute approximate surface area is 463 Å². The van der Waals surface area contributed by atoms with Crippen LogP contribution in [0.25, 0.3) is 0 Å². The number of hydrogen-bond acceptors (Lipinski definition) is 5. The number of amides is 1. The minimum absolute atomic E-state index is 0.0213. The quantitative estimate of drug-likeness (QED) is 0.0320. The first-order chi connectivity index (χ1) is 36.5. The number of ether oxygens (including phenoxy) is 1. The fraction of sp³-hybridized carbons (Fsp3) is 0.941. The molecular formula is C68H133NO5.